The summed E-state index contributed by atoms with van der Waals surface area (Å²) in [6, 6.07) is 9.45. The highest BCUT2D eigenvalue weighted by atomic mass is 16.5. The van der Waals surface area contributed by atoms with Gasteiger partial charge in [0, 0.05) is 17.3 Å². The summed E-state index contributed by atoms with van der Waals surface area (Å²) in [6.45, 7) is 5.81. The van der Waals surface area contributed by atoms with E-state index in [1.165, 1.54) is 0 Å². The van der Waals surface area contributed by atoms with Crippen molar-refractivity contribution >= 4 is 11.6 Å². The van der Waals surface area contributed by atoms with Gasteiger partial charge < -0.3 is 14.8 Å². The van der Waals surface area contributed by atoms with Crippen molar-refractivity contribution in [2.75, 3.05) is 19.5 Å². The predicted molar refractivity (Wildman–Crippen MR) is 88.2 cm³/mol. The molecule has 2 aromatic rings. The summed E-state index contributed by atoms with van der Waals surface area (Å²) >= 11 is 0. The molecule has 0 radical (unpaired) electrons. The lowest BCUT2D eigenvalue weighted by Gasteiger charge is -2.14. The topological polar surface area (TPSA) is 47.6 Å². The smallest absolute Gasteiger partial charge is 0.255 e. The summed E-state index contributed by atoms with van der Waals surface area (Å²) in [7, 11) is 3.16. The van der Waals surface area contributed by atoms with Crippen LogP contribution in [-0.4, -0.2) is 20.1 Å². The zero-order valence-electron chi connectivity index (χ0n) is 13.6. The maximum absolute atomic E-state index is 12.5. The van der Waals surface area contributed by atoms with Gasteiger partial charge in [0.25, 0.3) is 5.91 Å². The third kappa shape index (κ3) is 3.22. The number of anilines is 1. The second-order valence-corrected chi connectivity index (χ2v) is 5.29. The Morgan fingerprint density at radius 1 is 0.909 bits per heavy atom. The molecule has 0 aliphatic carbocycles. The van der Waals surface area contributed by atoms with Crippen LogP contribution in [0, 0.1) is 20.8 Å². The van der Waals surface area contributed by atoms with Crippen LogP contribution in [0.3, 0.4) is 0 Å². The molecule has 0 aromatic heterocycles. The molecule has 0 bridgehead atoms. The van der Waals surface area contributed by atoms with Crippen LogP contribution in [-0.2, 0) is 0 Å². The van der Waals surface area contributed by atoms with E-state index >= 15 is 0 Å². The van der Waals surface area contributed by atoms with Gasteiger partial charge in [0.15, 0.2) is 11.5 Å². The third-order valence-corrected chi connectivity index (χ3v) is 3.62. The van der Waals surface area contributed by atoms with Crippen LogP contribution in [0.2, 0.25) is 0 Å². The van der Waals surface area contributed by atoms with Crippen LogP contribution in [0.25, 0.3) is 0 Å². The number of hydrogen-bond acceptors (Lipinski definition) is 3. The molecule has 2 rings (SSSR count). The highest BCUT2D eigenvalue weighted by Crippen LogP contribution is 2.33. The first kappa shape index (κ1) is 15.9. The van der Waals surface area contributed by atoms with E-state index in [1.54, 1.807) is 20.3 Å². The minimum atomic E-state index is -0.128. The molecule has 0 spiro atoms. The monoisotopic (exact) mass is 299 g/mol. The highest BCUT2D eigenvalue weighted by Gasteiger charge is 2.13. The molecule has 1 amide bonds. The number of rotatable bonds is 4. The van der Waals surface area contributed by atoms with Crippen molar-refractivity contribution in [3.05, 3.63) is 52.6 Å². The van der Waals surface area contributed by atoms with Gasteiger partial charge in [-0.05, 0) is 44.0 Å². The average molecular weight is 299 g/mol. The average Bonchev–Trinajstić information content (AvgIpc) is 2.51. The number of nitrogens with one attached hydrogen (secondary N) is 1. The van der Waals surface area contributed by atoms with Gasteiger partial charge in [-0.15, -0.1) is 0 Å². The molecule has 1 N–H and O–H groups in total. The summed E-state index contributed by atoms with van der Waals surface area (Å²) < 4.78 is 10.5. The zero-order valence-corrected chi connectivity index (χ0v) is 13.6. The first-order chi connectivity index (χ1) is 10.5. The van der Waals surface area contributed by atoms with Crippen molar-refractivity contribution in [3.8, 4) is 11.5 Å². The molecule has 4 nitrogen and oxygen atoms in total. The maximum Gasteiger partial charge on any atom is 0.255 e. The number of hydrogen-bond donors (Lipinski definition) is 1. The normalized spacial score (nSPS) is 10.2. The van der Waals surface area contributed by atoms with E-state index in [-0.39, 0.29) is 5.91 Å². The molecule has 0 aliphatic heterocycles. The summed E-state index contributed by atoms with van der Waals surface area (Å²) in [5.41, 5.74) is 4.30. The Kier molecular flexibility index (Phi) is 4.71. The fraction of sp³-hybridized carbons (Fsp3) is 0.278. The first-order valence-electron chi connectivity index (χ1n) is 7.07. The fourth-order valence-corrected chi connectivity index (χ4v) is 2.29. The molecular weight excluding hydrogens is 278 g/mol. The highest BCUT2D eigenvalue weighted by molar-refractivity contribution is 6.05. The first-order valence-corrected chi connectivity index (χ1v) is 7.07. The molecule has 0 atom stereocenters. The number of methoxy groups -OCH3 is 2. The van der Waals surface area contributed by atoms with Crippen LogP contribution in [0.15, 0.2) is 30.3 Å². The van der Waals surface area contributed by atoms with E-state index in [0.29, 0.717) is 22.7 Å². The van der Waals surface area contributed by atoms with Crippen LogP contribution >= 0.6 is 0 Å². The van der Waals surface area contributed by atoms with E-state index < -0.39 is 0 Å². The third-order valence-electron chi connectivity index (χ3n) is 3.62. The van der Waals surface area contributed by atoms with Crippen LogP contribution in [0.1, 0.15) is 27.0 Å². The van der Waals surface area contributed by atoms with Gasteiger partial charge in [0.05, 0.1) is 14.2 Å². The molecule has 0 saturated heterocycles. The van der Waals surface area contributed by atoms with Crippen molar-refractivity contribution < 1.29 is 14.3 Å². The summed E-state index contributed by atoms with van der Waals surface area (Å²) in [6.07, 6.45) is 0. The Morgan fingerprint density at radius 2 is 1.55 bits per heavy atom. The number of carbonyl (C=O) groups excluding carboxylic acids is 1. The van der Waals surface area contributed by atoms with Crippen molar-refractivity contribution in [3.63, 3.8) is 0 Å². The van der Waals surface area contributed by atoms with Crippen molar-refractivity contribution in [2.24, 2.45) is 0 Å². The van der Waals surface area contributed by atoms with Gasteiger partial charge in [-0.3, -0.25) is 4.79 Å². The standard InChI is InChI=1S/C18H21NO3/c1-11-6-7-12(2)14(8-11)18(20)19-15-10-17(22-5)16(21-4)9-13(15)3/h6-10H,1-5H3,(H,19,20). The van der Waals surface area contributed by atoms with Gasteiger partial charge in [0.2, 0.25) is 0 Å². The Hall–Kier alpha value is -2.49. The molecule has 4 heteroatoms. The minimum absolute atomic E-state index is 0.128. The fourth-order valence-electron chi connectivity index (χ4n) is 2.29. The summed E-state index contributed by atoms with van der Waals surface area (Å²) in [5.74, 6) is 1.10. The van der Waals surface area contributed by atoms with E-state index in [9.17, 15) is 4.79 Å². The molecule has 22 heavy (non-hydrogen) atoms. The van der Waals surface area contributed by atoms with E-state index in [2.05, 4.69) is 5.32 Å². The summed E-state index contributed by atoms with van der Waals surface area (Å²) in [4.78, 5) is 12.5. The molecule has 0 aliphatic rings. The molecule has 0 fully saturated rings. The van der Waals surface area contributed by atoms with Crippen LogP contribution in [0.5, 0.6) is 11.5 Å². The molecule has 0 unspecified atom stereocenters. The van der Waals surface area contributed by atoms with Gasteiger partial charge in [-0.1, -0.05) is 17.7 Å². The van der Waals surface area contributed by atoms with Crippen molar-refractivity contribution in [2.45, 2.75) is 20.8 Å². The number of carbonyl (C=O) groups is 1. The molecule has 0 saturated carbocycles. The Morgan fingerprint density at radius 3 is 2.18 bits per heavy atom. The second kappa shape index (κ2) is 6.52. The van der Waals surface area contributed by atoms with Crippen molar-refractivity contribution in [1.82, 2.24) is 0 Å². The van der Waals surface area contributed by atoms with Gasteiger partial charge in [-0.25, -0.2) is 0 Å². The number of ether oxygens (including phenoxy) is 2. The Balaban J connectivity index is 2.34. The van der Waals surface area contributed by atoms with Gasteiger partial charge in [-0.2, -0.15) is 0 Å². The summed E-state index contributed by atoms with van der Waals surface area (Å²) in [5, 5.41) is 2.95. The SMILES string of the molecule is COc1cc(C)c(NC(=O)c2cc(C)ccc2C)cc1OC. The van der Waals surface area contributed by atoms with E-state index in [4.69, 9.17) is 9.47 Å². The van der Waals surface area contributed by atoms with Crippen LogP contribution < -0.4 is 14.8 Å². The zero-order chi connectivity index (χ0) is 16.3. The lowest BCUT2D eigenvalue weighted by molar-refractivity contribution is 0.102. The van der Waals surface area contributed by atoms with E-state index in [0.717, 1.165) is 16.7 Å². The number of amides is 1. The molecule has 116 valence electrons. The molecule has 2 aromatic carbocycles. The lowest BCUT2D eigenvalue weighted by atomic mass is 10.0. The van der Waals surface area contributed by atoms with E-state index in [1.807, 2.05) is 45.0 Å². The predicted octanol–water partition coefficient (Wildman–Crippen LogP) is 3.88. The van der Waals surface area contributed by atoms with Crippen LogP contribution in [0.4, 0.5) is 5.69 Å². The van der Waals surface area contributed by atoms with Gasteiger partial charge in [0.1, 0.15) is 0 Å². The maximum atomic E-state index is 12.5. The second-order valence-electron chi connectivity index (χ2n) is 5.29. The van der Waals surface area contributed by atoms with Crippen molar-refractivity contribution in [1.29, 1.82) is 0 Å². The molecular formula is C18H21NO3. The largest absolute Gasteiger partial charge is 0.493 e. The molecule has 0 heterocycles. The Bertz CT molecular complexity index is 708. The number of aryl methyl sites for hydroxylation is 3. The lowest BCUT2D eigenvalue weighted by Crippen LogP contribution is -2.14. The Labute approximate surface area is 131 Å². The minimum Gasteiger partial charge on any atom is -0.493 e. The quantitative estimate of drug-likeness (QED) is 0.932. The van der Waals surface area contributed by atoms with Gasteiger partial charge >= 0.3 is 0 Å². The number of benzene rings is 2.